The van der Waals surface area contributed by atoms with Crippen LogP contribution in [-0.2, 0) is 14.3 Å². The van der Waals surface area contributed by atoms with Crippen molar-refractivity contribution in [3.05, 3.63) is 41.5 Å². The summed E-state index contributed by atoms with van der Waals surface area (Å²) in [5.74, 6) is -2.06. The van der Waals surface area contributed by atoms with Crippen LogP contribution in [-0.4, -0.2) is 36.2 Å². The maximum Gasteiger partial charge on any atom is 0.311 e. The van der Waals surface area contributed by atoms with E-state index in [1.807, 2.05) is 6.07 Å². The predicted octanol–water partition coefficient (Wildman–Crippen LogP) is 0.787. The number of carbonyl (C=O) groups excluding carboxylic acids is 1. The van der Waals surface area contributed by atoms with Gasteiger partial charge in [0.1, 0.15) is 5.92 Å². The van der Waals surface area contributed by atoms with E-state index in [1.54, 1.807) is 30.3 Å². The van der Waals surface area contributed by atoms with Gasteiger partial charge in [0.05, 0.1) is 30.9 Å². The van der Waals surface area contributed by atoms with Crippen LogP contribution in [0.2, 0.25) is 0 Å². The molecular weight excluding hydrogens is 272 g/mol. The van der Waals surface area contributed by atoms with Crippen LogP contribution in [0.1, 0.15) is 11.1 Å². The molecule has 1 aromatic rings. The average molecular weight is 286 g/mol. The lowest BCUT2D eigenvalue weighted by Gasteiger charge is -2.14. The van der Waals surface area contributed by atoms with E-state index in [0.29, 0.717) is 5.56 Å². The van der Waals surface area contributed by atoms with Crippen LogP contribution in [0.4, 0.5) is 0 Å². The topological polar surface area (TPSA) is 99.4 Å². The molecule has 0 bridgehead atoms. The van der Waals surface area contributed by atoms with E-state index in [4.69, 9.17) is 15.1 Å². The smallest absolute Gasteiger partial charge is 0.311 e. The normalized spacial score (nSPS) is 21.1. The van der Waals surface area contributed by atoms with Crippen molar-refractivity contribution in [1.82, 2.24) is 5.32 Å². The zero-order chi connectivity index (χ0) is 15.2. The average Bonchev–Trinajstić information content (AvgIpc) is 2.94. The van der Waals surface area contributed by atoms with Crippen LogP contribution < -0.4 is 5.32 Å². The molecule has 108 valence electrons. The van der Waals surface area contributed by atoms with E-state index in [0.717, 1.165) is 5.56 Å². The van der Waals surface area contributed by atoms with Crippen molar-refractivity contribution >= 4 is 18.0 Å². The number of nitriles is 1. The van der Waals surface area contributed by atoms with Crippen molar-refractivity contribution < 1.29 is 19.4 Å². The number of carboxylic acid groups (broad SMARTS) is 1. The molecular formula is C15H14N2O4. The van der Waals surface area contributed by atoms with Gasteiger partial charge in [-0.15, -0.1) is 0 Å². The third kappa shape index (κ3) is 3.91. The van der Waals surface area contributed by atoms with Crippen LogP contribution in [0.3, 0.4) is 0 Å². The number of hydrogen-bond donors (Lipinski definition) is 2. The number of nitrogens with one attached hydrogen (secondary N) is 1. The molecule has 2 rings (SSSR count). The summed E-state index contributed by atoms with van der Waals surface area (Å²) >= 11 is 0. The number of rotatable bonds is 4. The van der Waals surface area contributed by atoms with E-state index < -0.39 is 17.9 Å². The quantitative estimate of drug-likeness (QED) is 0.797. The van der Waals surface area contributed by atoms with Gasteiger partial charge < -0.3 is 15.2 Å². The second-order valence-electron chi connectivity index (χ2n) is 4.66. The third-order valence-electron chi connectivity index (χ3n) is 3.19. The molecule has 1 amide bonds. The molecule has 1 aromatic carbocycles. The van der Waals surface area contributed by atoms with Gasteiger partial charge in [0, 0.05) is 6.08 Å². The summed E-state index contributed by atoms with van der Waals surface area (Å²) in [5, 5.41) is 20.3. The molecule has 1 heterocycles. The van der Waals surface area contributed by atoms with Crippen molar-refractivity contribution in [1.29, 1.82) is 5.26 Å². The van der Waals surface area contributed by atoms with Gasteiger partial charge in [-0.05, 0) is 23.8 Å². The van der Waals surface area contributed by atoms with Crippen LogP contribution in [0.5, 0.6) is 0 Å². The highest BCUT2D eigenvalue weighted by Crippen LogP contribution is 2.14. The van der Waals surface area contributed by atoms with Gasteiger partial charge in [0.15, 0.2) is 0 Å². The molecule has 1 aliphatic heterocycles. The molecule has 1 saturated heterocycles. The molecule has 21 heavy (non-hydrogen) atoms. The third-order valence-corrected chi connectivity index (χ3v) is 3.19. The number of carbonyl (C=O) groups is 2. The zero-order valence-corrected chi connectivity index (χ0v) is 11.2. The lowest BCUT2D eigenvalue weighted by Crippen LogP contribution is -2.41. The maximum absolute atomic E-state index is 11.8. The zero-order valence-electron chi connectivity index (χ0n) is 11.2. The molecule has 2 N–H and O–H groups in total. The predicted molar refractivity (Wildman–Crippen MR) is 74.1 cm³/mol. The molecule has 0 spiro atoms. The second kappa shape index (κ2) is 6.68. The van der Waals surface area contributed by atoms with Crippen molar-refractivity contribution in [2.45, 2.75) is 6.04 Å². The maximum atomic E-state index is 11.8. The van der Waals surface area contributed by atoms with Gasteiger partial charge in [0.2, 0.25) is 5.91 Å². The number of ether oxygens (including phenoxy) is 1. The van der Waals surface area contributed by atoms with Gasteiger partial charge in [0.25, 0.3) is 0 Å². The minimum absolute atomic E-state index is 0.111. The van der Waals surface area contributed by atoms with Crippen molar-refractivity contribution in [3.8, 4) is 6.07 Å². The number of aliphatic carboxylic acids is 1. The summed E-state index contributed by atoms with van der Waals surface area (Å²) in [6.07, 6.45) is 2.93. The Kier molecular flexibility index (Phi) is 4.69. The molecule has 0 radical (unpaired) electrons. The Bertz CT molecular complexity index is 601. The summed E-state index contributed by atoms with van der Waals surface area (Å²) in [6.45, 7) is 0.313. The minimum Gasteiger partial charge on any atom is -0.481 e. The van der Waals surface area contributed by atoms with Crippen LogP contribution in [0, 0.1) is 17.2 Å². The molecule has 6 heteroatoms. The highest BCUT2D eigenvalue weighted by atomic mass is 16.5. The number of amides is 1. The van der Waals surface area contributed by atoms with E-state index in [2.05, 4.69) is 5.32 Å². The molecule has 1 fully saturated rings. The Morgan fingerprint density at radius 2 is 2.05 bits per heavy atom. The highest BCUT2D eigenvalue weighted by molar-refractivity contribution is 5.92. The van der Waals surface area contributed by atoms with E-state index in [9.17, 15) is 9.59 Å². The van der Waals surface area contributed by atoms with Crippen molar-refractivity contribution in [3.63, 3.8) is 0 Å². The summed E-state index contributed by atoms with van der Waals surface area (Å²) in [6, 6.07) is 8.25. The summed E-state index contributed by atoms with van der Waals surface area (Å²) in [7, 11) is 0. The van der Waals surface area contributed by atoms with E-state index in [-0.39, 0.29) is 19.1 Å². The SMILES string of the molecule is N#Cc1ccc(C=CC(=O)NC2COCC2C(=O)O)cc1. The first-order valence-corrected chi connectivity index (χ1v) is 6.39. The fourth-order valence-electron chi connectivity index (χ4n) is 2.01. The summed E-state index contributed by atoms with van der Waals surface area (Å²) in [5.41, 5.74) is 1.32. The summed E-state index contributed by atoms with van der Waals surface area (Å²) in [4.78, 5) is 22.7. The Balaban J connectivity index is 1.93. The minimum atomic E-state index is -0.978. The first-order valence-electron chi connectivity index (χ1n) is 6.39. The van der Waals surface area contributed by atoms with Gasteiger partial charge in [-0.3, -0.25) is 9.59 Å². The van der Waals surface area contributed by atoms with E-state index in [1.165, 1.54) is 6.08 Å². The number of carboxylic acids is 1. The van der Waals surface area contributed by atoms with Crippen LogP contribution >= 0.6 is 0 Å². The molecule has 1 aliphatic rings. The van der Waals surface area contributed by atoms with Crippen molar-refractivity contribution in [2.24, 2.45) is 5.92 Å². The highest BCUT2D eigenvalue weighted by Gasteiger charge is 2.34. The fraction of sp³-hybridized carbons (Fsp3) is 0.267. The molecule has 2 atom stereocenters. The molecule has 6 nitrogen and oxygen atoms in total. The van der Waals surface area contributed by atoms with Gasteiger partial charge >= 0.3 is 5.97 Å². The van der Waals surface area contributed by atoms with Gasteiger partial charge in [-0.1, -0.05) is 12.1 Å². The fourth-order valence-corrected chi connectivity index (χ4v) is 2.01. The number of benzene rings is 1. The Morgan fingerprint density at radius 1 is 1.33 bits per heavy atom. The number of nitrogens with zero attached hydrogens (tertiary/aromatic N) is 1. The van der Waals surface area contributed by atoms with Crippen LogP contribution in [0.25, 0.3) is 6.08 Å². The standard InChI is InChI=1S/C15H14N2O4/c16-7-11-3-1-10(2-4-11)5-6-14(18)17-13-9-21-8-12(13)15(19)20/h1-6,12-13H,8-9H2,(H,17,18)(H,19,20). The van der Waals surface area contributed by atoms with Crippen molar-refractivity contribution in [2.75, 3.05) is 13.2 Å². The van der Waals surface area contributed by atoms with Crippen LogP contribution in [0.15, 0.2) is 30.3 Å². The molecule has 0 aromatic heterocycles. The monoisotopic (exact) mass is 286 g/mol. The number of hydrogen-bond acceptors (Lipinski definition) is 4. The first-order chi connectivity index (χ1) is 10.1. The Morgan fingerprint density at radius 3 is 2.67 bits per heavy atom. The molecule has 2 unspecified atom stereocenters. The lowest BCUT2D eigenvalue weighted by atomic mass is 10.0. The largest absolute Gasteiger partial charge is 0.481 e. The lowest BCUT2D eigenvalue weighted by molar-refractivity contribution is -0.142. The Hall–Kier alpha value is -2.65. The summed E-state index contributed by atoms with van der Waals surface area (Å²) < 4.78 is 5.07. The molecule has 0 aliphatic carbocycles. The van der Waals surface area contributed by atoms with Gasteiger partial charge in [-0.2, -0.15) is 5.26 Å². The van der Waals surface area contributed by atoms with E-state index >= 15 is 0 Å². The first kappa shape index (κ1) is 14.8. The molecule has 0 saturated carbocycles. The second-order valence-corrected chi connectivity index (χ2v) is 4.66. The van der Waals surface area contributed by atoms with Gasteiger partial charge in [-0.25, -0.2) is 0 Å². The Labute approximate surface area is 121 Å².